The molecular weight excluding hydrogens is 230 g/mol. The van der Waals surface area contributed by atoms with Crippen LogP contribution >= 0.6 is 11.8 Å². The van der Waals surface area contributed by atoms with Gasteiger partial charge < -0.3 is 11.5 Å². The third-order valence-corrected chi connectivity index (χ3v) is 3.87. The van der Waals surface area contributed by atoms with E-state index in [4.69, 9.17) is 11.5 Å². The number of hydrogen-bond acceptors (Lipinski definition) is 3. The maximum Gasteiger partial charge on any atom is 0.158 e. The Balaban J connectivity index is 2.28. The van der Waals surface area contributed by atoms with Gasteiger partial charge in [-0.05, 0) is 36.8 Å². The van der Waals surface area contributed by atoms with Crippen molar-refractivity contribution in [2.24, 2.45) is 16.5 Å². The summed E-state index contributed by atoms with van der Waals surface area (Å²) in [6.45, 7) is 0. The van der Waals surface area contributed by atoms with Crippen LogP contribution in [0.2, 0.25) is 0 Å². The predicted octanol–water partition coefficient (Wildman–Crippen LogP) is 2.72. The van der Waals surface area contributed by atoms with Gasteiger partial charge in [-0.15, -0.1) is 0 Å². The molecule has 0 atom stereocenters. The fourth-order valence-corrected chi connectivity index (χ4v) is 2.55. The summed E-state index contributed by atoms with van der Waals surface area (Å²) in [5.41, 5.74) is 14.1. The second-order valence-corrected chi connectivity index (χ2v) is 5.39. The molecule has 1 aliphatic carbocycles. The van der Waals surface area contributed by atoms with Gasteiger partial charge in [0.05, 0.1) is 5.69 Å². The zero-order valence-electron chi connectivity index (χ0n) is 10.1. The van der Waals surface area contributed by atoms with Gasteiger partial charge in [0.25, 0.3) is 0 Å². The zero-order chi connectivity index (χ0) is 12.3. The lowest BCUT2D eigenvalue weighted by Gasteiger charge is -2.24. The van der Waals surface area contributed by atoms with Crippen LogP contribution in [0.3, 0.4) is 0 Å². The molecule has 1 aliphatic rings. The lowest BCUT2D eigenvalue weighted by atomic mass is 9.89. The van der Waals surface area contributed by atoms with Gasteiger partial charge >= 0.3 is 0 Å². The van der Waals surface area contributed by atoms with Crippen molar-refractivity contribution in [3.63, 3.8) is 0 Å². The minimum absolute atomic E-state index is 0.153. The highest BCUT2D eigenvalue weighted by Gasteiger charge is 2.31. The van der Waals surface area contributed by atoms with Crippen LogP contribution in [-0.2, 0) is 5.54 Å². The van der Waals surface area contributed by atoms with Gasteiger partial charge in [0.15, 0.2) is 5.17 Å². The highest BCUT2D eigenvalue weighted by Crippen LogP contribution is 2.37. The maximum absolute atomic E-state index is 6.43. The number of rotatable bonds is 2. The number of amidine groups is 1. The van der Waals surface area contributed by atoms with Crippen LogP contribution in [0.4, 0.5) is 5.69 Å². The molecule has 0 aliphatic heterocycles. The van der Waals surface area contributed by atoms with E-state index >= 15 is 0 Å². The number of aliphatic imine (C=N–C) groups is 1. The van der Waals surface area contributed by atoms with Gasteiger partial charge in [-0.25, -0.2) is 4.99 Å². The molecule has 1 saturated carbocycles. The van der Waals surface area contributed by atoms with E-state index in [9.17, 15) is 0 Å². The second kappa shape index (κ2) is 5.10. The number of benzene rings is 1. The van der Waals surface area contributed by atoms with Crippen molar-refractivity contribution in [1.29, 1.82) is 0 Å². The van der Waals surface area contributed by atoms with E-state index < -0.39 is 0 Å². The molecular formula is C13H19N3S. The van der Waals surface area contributed by atoms with E-state index in [1.807, 2.05) is 18.4 Å². The van der Waals surface area contributed by atoms with Crippen molar-refractivity contribution in [2.45, 2.75) is 31.2 Å². The molecule has 0 unspecified atom stereocenters. The van der Waals surface area contributed by atoms with E-state index in [2.05, 4.69) is 17.1 Å². The summed E-state index contributed by atoms with van der Waals surface area (Å²) in [5.74, 6) is 0. The Morgan fingerprint density at radius 1 is 1.35 bits per heavy atom. The molecule has 17 heavy (non-hydrogen) atoms. The first kappa shape index (κ1) is 12.5. The van der Waals surface area contributed by atoms with Gasteiger partial charge in [0, 0.05) is 5.54 Å². The molecule has 2 rings (SSSR count). The summed E-state index contributed by atoms with van der Waals surface area (Å²) in [6, 6.07) is 8.13. The molecule has 0 radical (unpaired) electrons. The minimum atomic E-state index is -0.153. The first-order valence-electron chi connectivity index (χ1n) is 5.92. The molecule has 1 aromatic carbocycles. The Hall–Kier alpha value is -1.00. The smallest absolute Gasteiger partial charge is 0.158 e. The Morgan fingerprint density at radius 2 is 2.06 bits per heavy atom. The zero-order valence-corrected chi connectivity index (χ0v) is 11.0. The lowest BCUT2D eigenvalue weighted by molar-refractivity contribution is 0.462. The molecule has 0 amide bonds. The number of thioether (sulfide) groups is 1. The first-order chi connectivity index (χ1) is 8.14. The molecule has 4 N–H and O–H groups in total. The molecule has 4 heteroatoms. The number of hydrogen-bond donors (Lipinski definition) is 2. The Morgan fingerprint density at radius 3 is 2.71 bits per heavy atom. The molecule has 0 heterocycles. The van der Waals surface area contributed by atoms with E-state index in [1.54, 1.807) is 0 Å². The van der Waals surface area contributed by atoms with Crippen molar-refractivity contribution >= 4 is 22.6 Å². The van der Waals surface area contributed by atoms with Crippen LogP contribution < -0.4 is 11.5 Å². The van der Waals surface area contributed by atoms with Gasteiger partial charge in [0.2, 0.25) is 0 Å². The van der Waals surface area contributed by atoms with Crippen molar-refractivity contribution in [2.75, 3.05) is 6.26 Å². The second-order valence-electron chi connectivity index (χ2n) is 4.57. The monoisotopic (exact) mass is 249 g/mol. The first-order valence-corrected chi connectivity index (χ1v) is 7.14. The third kappa shape index (κ3) is 2.82. The molecule has 3 nitrogen and oxygen atoms in total. The number of nitrogens with two attached hydrogens (primary N) is 2. The van der Waals surface area contributed by atoms with Crippen LogP contribution in [-0.4, -0.2) is 11.4 Å². The predicted molar refractivity (Wildman–Crippen MR) is 75.6 cm³/mol. The summed E-state index contributed by atoms with van der Waals surface area (Å²) in [6.07, 6.45) is 6.49. The minimum Gasteiger partial charge on any atom is -0.378 e. The van der Waals surface area contributed by atoms with Crippen LogP contribution in [0, 0.1) is 0 Å². The van der Waals surface area contributed by atoms with Crippen molar-refractivity contribution in [1.82, 2.24) is 0 Å². The standard InChI is InChI=1S/C13H19N3S/c1-17-12(14)16-11-6-4-5-10(9-11)13(15)7-2-3-8-13/h4-6,9H,2-3,7-8,15H2,1H3,(H2,14,16). The van der Waals surface area contributed by atoms with E-state index in [1.165, 1.54) is 30.2 Å². The molecule has 0 aromatic heterocycles. The quantitative estimate of drug-likeness (QED) is 0.625. The summed E-state index contributed by atoms with van der Waals surface area (Å²) < 4.78 is 0. The van der Waals surface area contributed by atoms with Gasteiger partial charge in [0.1, 0.15) is 0 Å². The summed E-state index contributed by atoms with van der Waals surface area (Å²) >= 11 is 1.45. The summed E-state index contributed by atoms with van der Waals surface area (Å²) in [5, 5.41) is 0.583. The molecule has 1 aromatic rings. The van der Waals surface area contributed by atoms with E-state index in [-0.39, 0.29) is 5.54 Å². The molecule has 0 spiro atoms. The normalized spacial score (nSPS) is 19.5. The lowest BCUT2D eigenvalue weighted by Crippen LogP contribution is -2.32. The molecule has 0 bridgehead atoms. The van der Waals surface area contributed by atoms with E-state index in [0.717, 1.165) is 18.5 Å². The fraction of sp³-hybridized carbons (Fsp3) is 0.462. The molecule has 1 fully saturated rings. The van der Waals surface area contributed by atoms with Crippen LogP contribution in [0.5, 0.6) is 0 Å². The van der Waals surface area contributed by atoms with Crippen molar-refractivity contribution in [3.05, 3.63) is 29.8 Å². The Labute approximate surface area is 107 Å². The summed E-state index contributed by atoms with van der Waals surface area (Å²) in [7, 11) is 0. The van der Waals surface area contributed by atoms with Crippen LogP contribution in [0.25, 0.3) is 0 Å². The highest BCUT2D eigenvalue weighted by atomic mass is 32.2. The largest absolute Gasteiger partial charge is 0.378 e. The summed E-state index contributed by atoms with van der Waals surface area (Å²) in [4.78, 5) is 4.34. The highest BCUT2D eigenvalue weighted by molar-refractivity contribution is 8.13. The maximum atomic E-state index is 6.43. The van der Waals surface area contributed by atoms with Crippen LogP contribution in [0.1, 0.15) is 31.2 Å². The SMILES string of the molecule is CSC(N)=Nc1cccc(C2(N)CCCC2)c1. The molecule has 92 valence electrons. The van der Waals surface area contributed by atoms with E-state index in [0.29, 0.717) is 5.17 Å². The Bertz CT molecular complexity index is 422. The molecule has 0 saturated heterocycles. The average molecular weight is 249 g/mol. The fourth-order valence-electron chi connectivity index (χ4n) is 2.35. The number of nitrogens with zero attached hydrogens (tertiary/aromatic N) is 1. The Kier molecular flexibility index (Phi) is 3.74. The van der Waals surface area contributed by atoms with Gasteiger partial charge in [-0.2, -0.15) is 0 Å². The average Bonchev–Trinajstić information content (AvgIpc) is 2.78. The van der Waals surface area contributed by atoms with Gasteiger partial charge in [-0.3, -0.25) is 0 Å². The van der Waals surface area contributed by atoms with Gasteiger partial charge in [-0.1, -0.05) is 36.7 Å². The third-order valence-electron chi connectivity index (χ3n) is 3.37. The van der Waals surface area contributed by atoms with Crippen molar-refractivity contribution < 1.29 is 0 Å². The van der Waals surface area contributed by atoms with Crippen molar-refractivity contribution in [3.8, 4) is 0 Å². The van der Waals surface area contributed by atoms with Crippen LogP contribution in [0.15, 0.2) is 29.3 Å². The topological polar surface area (TPSA) is 64.4 Å².